The maximum atomic E-state index is 9.67. The molecule has 0 bridgehead atoms. The van der Waals surface area contributed by atoms with Crippen molar-refractivity contribution < 1.29 is 5.11 Å². The lowest BCUT2D eigenvalue weighted by molar-refractivity contribution is 0.317. The van der Waals surface area contributed by atoms with E-state index < -0.39 is 0 Å². The smallest absolute Gasteiger partial charge is 0.122 e. The second kappa shape index (κ2) is 4.78. The molecule has 0 spiro atoms. The average molecular weight is 188 g/mol. The Bertz CT molecular complexity index is 352. The zero-order valence-electron chi connectivity index (χ0n) is 8.54. The number of aliphatic hydroxyl groups is 1. The van der Waals surface area contributed by atoms with Crippen molar-refractivity contribution in [3.63, 3.8) is 0 Å². The fourth-order valence-electron chi connectivity index (χ4n) is 1.53. The zero-order valence-corrected chi connectivity index (χ0v) is 8.54. The number of rotatable bonds is 3. The zero-order chi connectivity index (χ0) is 10.6. The van der Waals surface area contributed by atoms with Crippen LogP contribution in [0.15, 0.2) is 18.2 Å². The first-order valence-corrected chi connectivity index (χ1v) is 4.81. The Morgan fingerprint density at radius 1 is 1.43 bits per heavy atom. The van der Waals surface area contributed by atoms with E-state index in [4.69, 9.17) is 5.26 Å². The monoisotopic (exact) mass is 188 g/mol. The molecule has 73 valence electrons. The van der Waals surface area contributed by atoms with Crippen LogP contribution >= 0.6 is 0 Å². The highest BCUT2D eigenvalue weighted by molar-refractivity contribution is 5.46. The highest BCUT2D eigenvalue weighted by atomic mass is 16.3. The molecule has 0 fully saturated rings. The van der Waals surface area contributed by atoms with Crippen LogP contribution in [0.25, 0.3) is 0 Å². The van der Waals surface area contributed by atoms with Crippen LogP contribution in [-0.2, 0) is 6.42 Å². The van der Waals surface area contributed by atoms with Crippen LogP contribution in [0, 0.1) is 17.4 Å². The van der Waals surface area contributed by atoms with Crippen molar-refractivity contribution in [3.05, 3.63) is 41.0 Å². The largest absolute Gasteiger partial charge is 0.382 e. The Kier molecular flexibility index (Phi) is 3.67. The maximum Gasteiger partial charge on any atom is 0.122 e. The molecule has 0 aliphatic carbocycles. The van der Waals surface area contributed by atoms with Crippen LogP contribution in [0.2, 0.25) is 0 Å². The topological polar surface area (TPSA) is 44.0 Å². The Hall–Kier alpha value is -1.33. The number of nitriles is 1. The molecule has 2 nitrogen and oxygen atoms in total. The van der Waals surface area contributed by atoms with Gasteiger partial charge in [-0.2, -0.15) is 5.26 Å². The summed E-state index contributed by atoms with van der Waals surface area (Å²) in [5, 5.41) is 18.6. The first-order chi connectivity index (χ1) is 6.74. The number of nitrogens with zero attached hydrogens (tertiary/aromatic N) is 1. The molecule has 0 unspecified atom stereocenters. The molecular weight excluding hydrogens is 174 g/mol. The van der Waals surface area contributed by atoms with Gasteiger partial charge in [0.1, 0.15) is 6.10 Å². The molecule has 0 aliphatic heterocycles. The molecular formula is C12H14NO. The molecule has 0 saturated heterocycles. The number of hydrogen-bond acceptors (Lipinski definition) is 2. The van der Waals surface area contributed by atoms with Crippen LogP contribution in [0.4, 0.5) is 0 Å². The Labute approximate surface area is 84.8 Å². The van der Waals surface area contributed by atoms with E-state index in [2.05, 4.69) is 6.07 Å². The van der Waals surface area contributed by atoms with E-state index >= 15 is 0 Å². The molecule has 14 heavy (non-hydrogen) atoms. The minimum atomic E-state index is 0.360. The molecule has 0 amide bonds. The van der Waals surface area contributed by atoms with Gasteiger partial charge in [0.2, 0.25) is 0 Å². The van der Waals surface area contributed by atoms with Crippen LogP contribution in [0.3, 0.4) is 0 Å². The summed E-state index contributed by atoms with van der Waals surface area (Å²) in [4.78, 5) is 0. The second-order valence-electron chi connectivity index (χ2n) is 3.10. The first kappa shape index (κ1) is 10.7. The fraction of sp³-hybridized carbons (Fsp3) is 0.333. The molecule has 0 aromatic heterocycles. The molecule has 1 aromatic rings. The van der Waals surface area contributed by atoms with Crippen LogP contribution in [0.5, 0.6) is 0 Å². The van der Waals surface area contributed by atoms with Crippen molar-refractivity contribution in [2.24, 2.45) is 0 Å². The van der Waals surface area contributed by atoms with Gasteiger partial charge in [0.25, 0.3) is 0 Å². The van der Waals surface area contributed by atoms with Gasteiger partial charge >= 0.3 is 0 Å². The van der Waals surface area contributed by atoms with E-state index in [1.54, 1.807) is 12.1 Å². The maximum absolute atomic E-state index is 9.67. The third-order valence-corrected chi connectivity index (χ3v) is 2.30. The van der Waals surface area contributed by atoms with Gasteiger partial charge in [-0.05, 0) is 30.0 Å². The highest BCUT2D eigenvalue weighted by Crippen LogP contribution is 2.23. The van der Waals surface area contributed by atoms with E-state index in [-0.39, 0.29) is 0 Å². The van der Waals surface area contributed by atoms with Gasteiger partial charge in [0, 0.05) is 0 Å². The lowest BCUT2D eigenvalue weighted by atomic mass is 9.95. The predicted molar refractivity (Wildman–Crippen MR) is 55.1 cm³/mol. The standard InChI is InChI=1S/C12H14NO/c1-3-10-9(8-13)6-5-7-11(10)12(14)4-2/h5-7,14H,3-4H2,1-2H3. The van der Waals surface area contributed by atoms with Crippen molar-refractivity contribution in [2.45, 2.75) is 26.7 Å². The minimum Gasteiger partial charge on any atom is -0.382 e. The predicted octanol–water partition coefficient (Wildman–Crippen LogP) is 2.78. The molecule has 1 N–H and O–H groups in total. The van der Waals surface area contributed by atoms with Gasteiger partial charge in [-0.25, -0.2) is 0 Å². The normalized spacial score (nSPS) is 10.2. The highest BCUT2D eigenvalue weighted by Gasteiger charge is 2.13. The molecule has 1 radical (unpaired) electrons. The molecule has 2 heteroatoms. The number of hydrogen-bond donors (Lipinski definition) is 1. The van der Waals surface area contributed by atoms with Gasteiger partial charge in [0.15, 0.2) is 0 Å². The third kappa shape index (κ3) is 1.94. The summed E-state index contributed by atoms with van der Waals surface area (Å²) in [5.74, 6) is 0. The average Bonchev–Trinajstić information content (AvgIpc) is 2.26. The summed E-state index contributed by atoms with van der Waals surface area (Å²) in [5.41, 5.74) is 2.41. The molecule has 0 atom stereocenters. The number of aliphatic hydroxyl groups excluding tert-OH is 1. The van der Waals surface area contributed by atoms with Gasteiger partial charge in [0.05, 0.1) is 11.6 Å². The quantitative estimate of drug-likeness (QED) is 0.792. The third-order valence-electron chi connectivity index (χ3n) is 2.30. The summed E-state index contributed by atoms with van der Waals surface area (Å²) in [6.45, 7) is 3.89. The summed E-state index contributed by atoms with van der Waals surface area (Å²) >= 11 is 0. The van der Waals surface area contributed by atoms with Gasteiger partial charge in [-0.1, -0.05) is 26.0 Å². The first-order valence-electron chi connectivity index (χ1n) is 4.81. The molecule has 0 heterocycles. The van der Waals surface area contributed by atoms with E-state index in [9.17, 15) is 5.11 Å². The summed E-state index contributed by atoms with van der Waals surface area (Å²) in [7, 11) is 0. The molecule has 0 saturated carbocycles. The molecule has 0 aliphatic rings. The van der Waals surface area contributed by atoms with E-state index in [0.717, 1.165) is 17.5 Å². The van der Waals surface area contributed by atoms with Crippen molar-refractivity contribution in [1.82, 2.24) is 0 Å². The van der Waals surface area contributed by atoms with Crippen LogP contribution in [-0.4, -0.2) is 5.11 Å². The van der Waals surface area contributed by atoms with Gasteiger partial charge < -0.3 is 5.11 Å². The Balaban J connectivity index is 3.23. The second-order valence-corrected chi connectivity index (χ2v) is 3.10. The summed E-state index contributed by atoms with van der Waals surface area (Å²) < 4.78 is 0. The number of benzene rings is 1. The Morgan fingerprint density at radius 2 is 2.14 bits per heavy atom. The lowest BCUT2D eigenvalue weighted by Crippen LogP contribution is -2.03. The fourth-order valence-corrected chi connectivity index (χ4v) is 1.53. The van der Waals surface area contributed by atoms with Crippen molar-refractivity contribution in [3.8, 4) is 6.07 Å². The van der Waals surface area contributed by atoms with E-state index in [1.807, 2.05) is 19.9 Å². The Morgan fingerprint density at radius 3 is 2.64 bits per heavy atom. The SMILES string of the molecule is CC[C](O)c1cccc(C#N)c1CC. The lowest BCUT2D eigenvalue weighted by Gasteiger charge is -2.12. The van der Waals surface area contributed by atoms with Crippen molar-refractivity contribution >= 4 is 0 Å². The summed E-state index contributed by atoms with van der Waals surface area (Å²) in [6, 6.07) is 7.59. The minimum absolute atomic E-state index is 0.360. The van der Waals surface area contributed by atoms with E-state index in [1.165, 1.54) is 0 Å². The van der Waals surface area contributed by atoms with Crippen molar-refractivity contribution in [2.75, 3.05) is 0 Å². The van der Waals surface area contributed by atoms with Crippen LogP contribution < -0.4 is 0 Å². The van der Waals surface area contributed by atoms with E-state index in [0.29, 0.717) is 18.1 Å². The van der Waals surface area contributed by atoms with Crippen molar-refractivity contribution in [1.29, 1.82) is 5.26 Å². The van der Waals surface area contributed by atoms with Gasteiger partial charge in [-0.15, -0.1) is 0 Å². The molecule has 1 rings (SSSR count). The van der Waals surface area contributed by atoms with Gasteiger partial charge in [-0.3, -0.25) is 0 Å². The van der Waals surface area contributed by atoms with Crippen LogP contribution in [0.1, 0.15) is 37.0 Å². The molecule has 1 aromatic carbocycles. The summed E-state index contributed by atoms with van der Waals surface area (Å²) in [6.07, 6.45) is 1.73.